The van der Waals surface area contributed by atoms with Crippen molar-refractivity contribution in [2.75, 3.05) is 18.7 Å². The van der Waals surface area contributed by atoms with Crippen LogP contribution < -0.4 is 14.8 Å². The summed E-state index contributed by atoms with van der Waals surface area (Å²) in [4.78, 5) is 30.5. The van der Waals surface area contributed by atoms with Gasteiger partial charge in [0.25, 0.3) is 5.91 Å². The maximum Gasteiger partial charge on any atom is 0.340 e. The molecule has 164 valence electrons. The number of para-hydroxylation sites is 2. The molecule has 1 aliphatic heterocycles. The molecule has 4 aromatic rings. The summed E-state index contributed by atoms with van der Waals surface area (Å²) in [6.07, 6.45) is 0. The fourth-order valence-corrected chi connectivity index (χ4v) is 3.74. The van der Waals surface area contributed by atoms with E-state index in [9.17, 15) is 9.59 Å². The lowest BCUT2D eigenvalue weighted by atomic mass is 10.0. The average Bonchev–Trinajstić information content (AvgIpc) is 3.32. The number of carbonyl (C=O) groups is 2. The zero-order valence-electron chi connectivity index (χ0n) is 17.8. The zero-order valence-corrected chi connectivity index (χ0v) is 17.8. The van der Waals surface area contributed by atoms with Gasteiger partial charge in [0.15, 0.2) is 11.5 Å². The van der Waals surface area contributed by atoms with E-state index in [1.54, 1.807) is 37.3 Å². The van der Waals surface area contributed by atoms with Gasteiger partial charge in [-0.05, 0) is 49.4 Å². The highest BCUT2D eigenvalue weighted by Crippen LogP contribution is 2.36. The first kappa shape index (κ1) is 20.5. The number of hydrogen-bond donors (Lipinski definition) is 1. The Morgan fingerprint density at radius 1 is 0.939 bits per heavy atom. The van der Waals surface area contributed by atoms with Gasteiger partial charge in [0.1, 0.15) is 0 Å². The van der Waals surface area contributed by atoms with E-state index in [4.69, 9.17) is 19.2 Å². The molecule has 0 saturated carbocycles. The van der Waals surface area contributed by atoms with Crippen LogP contribution in [0.2, 0.25) is 0 Å². The standard InChI is InChI=1S/C26H20N2O5/c1-2-31-26(30)18-8-4-6-10-21(18)28-25(29)19-14-22(27-20-9-5-3-7-17(19)20)16-11-12-23-24(13-16)33-15-32-23/h3-14H,2,15H2,1H3,(H,28,29). The molecule has 0 spiro atoms. The summed E-state index contributed by atoms with van der Waals surface area (Å²) in [7, 11) is 0. The molecule has 7 nitrogen and oxygen atoms in total. The van der Waals surface area contributed by atoms with Crippen LogP contribution in [0.3, 0.4) is 0 Å². The van der Waals surface area contributed by atoms with Gasteiger partial charge < -0.3 is 19.5 Å². The molecule has 0 radical (unpaired) electrons. The molecule has 7 heteroatoms. The van der Waals surface area contributed by atoms with Gasteiger partial charge in [-0.25, -0.2) is 9.78 Å². The number of esters is 1. The van der Waals surface area contributed by atoms with Crippen LogP contribution in [0, 0.1) is 0 Å². The average molecular weight is 440 g/mol. The molecule has 5 rings (SSSR count). The normalized spacial score (nSPS) is 11.9. The number of anilines is 1. The molecule has 0 fully saturated rings. The molecule has 1 N–H and O–H groups in total. The van der Waals surface area contributed by atoms with Gasteiger partial charge in [-0.3, -0.25) is 4.79 Å². The quantitative estimate of drug-likeness (QED) is 0.437. The van der Waals surface area contributed by atoms with Crippen LogP contribution in [-0.4, -0.2) is 30.3 Å². The summed E-state index contributed by atoms with van der Waals surface area (Å²) in [5.41, 5.74) is 3.21. The molecule has 0 atom stereocenters. The Labute approximate surface area is 189 Å². The van der Waals surface area contributed by atoms with E-state index in [1.807, 2.05) is 42.5 Å². The predicted molar refractivity (Wildman–Crippen MR) is 124 cm³/mol. The monoisotopic (exact) mass is 440 g/mol. The smallest absolute Gasteiger partial charge is 0.340 e. The lowest BCUT2D eigenvalue weighted by Crippen LogP contribution is -2.16. The second-order valence-corrected chi connectivity index (χ2v) is 7.36. The molecular formula is C26H20N2O5. The molecule has 0 aliphatic carbocycles. The van der Waals surface area contributed by atoms with Crippen LogP contribution in [0.4, 0.5) is 5.69 Å². The van der Waals surface area contributed by atoms with Gasteiger partial charge in [0, 0.05) is 10.9 Å². The first-order valence-electron chi connectivity index (χ1n) is 10.5. The number of nitrogens with one attached hydrogen (secondary N) is 1. The lowest BCUT2D eigenvalue weighted by molar-refractivity contribution is 0.0527. The van der Waals surface area contributed by atoms with Crippen molar-refractivity contribution in [3.63, 3.8) is 0 Å². The topological polar surface area (TPSA) is 86.8 Å². The molecule has 1 aromatic heterocycles. The summed E-state index contributed by atoms with van der Waals surface area (Å²) in [5.74, 6) is 0.464. The minimum absolute atomic E-state index is 0.178. The Balaban J connectivity index is 1.56. The molecule has 0 saturated heterocycles. The predicted octanol–water partition coefficient (Wildman–Crippen LogP) is 5.06. The number of amides is 1. The Bertz CT molecular complexity index is 1380. The summed E-state index contributed by atoms with van der Waals surface area (Å²) >= 11 is 0. The van der Waals surface area contributed by atoms with E-state index in [-0.39, 0.29) is 19.3 Å². The summed E-state index contributed by atoms with van der Waals surface area (Å²) in [5, 5.41) is 3.57. The van der Waals surface area contributed by atoms with Crippen molar-refractivity contribution in [3.8, 4) is 22.8 Å². The van der Waals surface area contributed by atoms with Gasteiger partial charge in [-0.2, -0.15) is 0 Å². The Hall–Kier alpha value is -4.39. The summed E-state index contributed by atoms with van der Waals surface area (Å²) in [6, 6.07) is 21.5. The molecule has 0 unspecified atom stereocenters. The molecular weight excluding hydrogens is 420 g/mol. The number of nitrogens with zero attached hydrogens (tertiary/aromatic N) is 1. The minimum atomic E-state index is -0.492. The van der Waals surface area contributed by atoms with E-state index < -0.39 is 5.97 Å². The van der Waals surface area contributed by atoms with E-state index in [0.717, 1.165) is 5.56 Å². The van der Waals surface area contributed by atoms with Crippen molar-refractivity contribution in [1.82, 2.24) is 4.98 Å². The largest absolute Gasteiger partial charge is 0.462 e. The van der Waals surface area contributed by atoms with Crippen LogP contribution in [0.1, 0.15) is 27.6 Å². The number of fused-ring (bicyclic) bond motifs is 2. The van der Waals surface area contributed by atoms with Crippen molar-refractivity contribution in [2.24, 2.45) is 0 Å². The zero-order chi connectivity index (χ0) is 22.8. The van der Waals surface area contributed by atoms with Crippen molar-refractivity contribution in [2.45, 2.75) is 6.92 Å². The number of hydrogen-bond acceptors (Lipinski definition) is 6. The van der Waals surface area contributed by atoms with Crippen LogP contribution in [0.25, 0.3) is 22.2 Å². The fraction of sp³-hybridized carbons (Fsp3) is 0.115. The highest BCUT2D eigenvalue weighted by atomic mass is 16.7. The second kappa shape index (κ2) is 8.63. The van der Waals surface area contributed by atoms with Gasteiger partial charge in [0.05, 0.1) is 34.6 Å². The number of ether oxygens (including phenoxy) is 3. The van der Waals surface area contributed by atoms with Gasteiger partial charge >= 0.3 is 5.97 Å². The van der Waals surface area contributed by atoms with Gasteiger partial charge in [-0.15, -0.1) is 0 Å². The van der Waals surface area contributed by atoms with Crippen molar-refractivity contribution in [3.05, 3.63) is 83.9 Å². The van der Waals surface area contributed by atoms with E-state index in [1.165, 1.54) is 0 Å². The van der Waals surface area contributed by atoms with Crippen LogP contribution in [0.15, 0.2) is 72.8 Å². The first-order valence-corrected chi connectivity index (χ1v) is 10.5. The number of rotatable bonds is 5. The number of pyridine rings is 1. The SMILES string of the molecule is CCOC(=O)c1ccccc1NC(=O)c1cc(-c2ccc3c(c2)OCO3)nc2ccccc12. The highest BCUT2D eigenvalue weighted by molar-refractivity contribution is 6.14. The third-order valence-corrected chi connectivity index (χ3v) is 5.30. The summed E-state index contributed by atoms with van der Waals surface area (Å²) < 4.78 is 16.0. The number of benzene rings is 3. The molecule has 33 heavy (non-hydrogen) atoms. The van der Waals surface area contributed by atoms with Gasteiger partial charge in [0.2, 0.25) is 6.79 Å². The van der Waals surface area contributed by atoms with Crippen LogP contribution in [0.5, 0.6) is 11.5 Å². The van der Waals surface area contributed by atoms with Crippen molar-refractivity contribution in [1.29, 1.82) is 0 Å². The lowest BCUT2D eigenvalue weighted by Gasteiger charge is -2.13. The Morgan fingerprint density at radius 2 is 1.73 bits per heavy atom. The number of carbonyl (C=O) groups excluding carboxylic acids is 2. The summed E-state index contributed by atoms with van der Waals surface area (Å²) in [6.45, 7) is 2.16. The van der Waals surface area contributed by atoms with Crippen LogP contribution >= 0.6 is 0 Å². The first-order chi connectivity index (χ1) is 16.1. The van der Waals surface area contributed by atoms with E-state index >= 15 is 0 Å². The van der Waals surface area contributed by atoms with Crippen molar-refractivity contribution < 1.29 is 23.8 Å². The molecule has 2 heterocycles. The van der Waals surface area contributed by atoms with Crippen molar-refractivity contribution >= 4 is 28.5 Å². The van der Waals surface area contributed by atoms with Crippen LogP contribution in [-0.2, 0) is 4.74 Å². The molecule has 1 amide bonds. The van der Waals surface area contributed by atoms with E-state index in [0.29, 0.717) is 44.9 Å². The van der Waals surface area contributed by atoms with Gasteiger partial charge in [-0.1, -0.05) is 30.3 Å². The minimum Gasteiger partial charge on any atom is -0.462 e. The molecule has 1 aliphatic rings. The maximum atomic E-state index is 13.4. The second-order valence-electron chi connectivity index (χ2n) is 7.36. The maximum absolute atomic E-state index is 13.4. The Morgan fingerprint density at radius 3 is 2.61 bits per heavy atom. The molecule has 0 bridgehead atoms. The third-order valence-electron chi connectivity index (χ3n) is 5.30. The number of aromatic nitrogens is 1. The third kappa shape index (κ3) is 3.96. The molecule has 3 aromatic carbocycles. The Kier molecular flexibility index (Phi) is 5.36. The highest BCUT2D eigenvalue weighted by Gasteiger charge is 2.19. The fourth-order valence-electron chi connectivity index (χ4n) is 3.74. The van der Waals surface area contributed by atoms with E-state index in [2.05, 4.69) is 5.32 Å².